The highest BCUT2D eigenvalue weighted by molar-refractivity contribution is 6.31. The van der Waals surface area contributed by atoms with Gasteiger partial charge in [-0.3, -0.25) is 9.67 Å². The van der Waals surface area contributed by atoms with Gasteiger partial charge in [-0.1, -0.05) is 18.5 Å². The molecule has 0 radical (unpaired) electrons. The summed E-state index contributed by atoms with van der Waals surface area (Å²) in [7, 11) is 0. The summed E-state index contributed by atoms with van der Waals surface area (Å²) in [5.74, 6) is -0.307. The molecule has 2 aromatic rings. The molecule has 0 fully saturated rings. The van der Waals surface area contributed by atoms with E-state index in [0.717, 1.165) is 24.5 Å². The maximum absolute atomic E-state index is 14.0. The van der Waals surface area contributed by atoms with Gasteiger partial charge in [0, 0.05) is 30.8 Å². The monoisotopic (exact) mass is 310 g/mol. The van der Waals surface area contributed by atoms with E-state index in [1.807, 2.05) is 25.5 Å². The Morgan fingerprint density at radius 1 is 1.43 bits per heavy atom. The quantitative estimate of drug-likeness (QED) is 0.890. The summed E-state index contributed by atoms with van der Waals surface area (Å²) in [6, 6.07) is 1.55. The van der Waals surface area contributed by atoms with Gasteiger partial charge in [0.1, 0.15) is 5.82 Å². The minimum Gasteiger partial charge on any atom is -0.310 e. The van der Waals surface area contributed by atoms with Crippen LogP contribution in [0, 0.1) is 12.7 Å². The number of aromatic nitrogens is 3. The van der Waals surface area contributed by atoms with Crippen molar-refractivity contribution in [2.75, 3.05) is 6.54 Å². The molecule has 0 amide bonds. The van der Waals surface area contributed by atoms with Crippen LogP contribution in [0.4, 0.5) is 4.39 Å². The van der Waals surface area contributed by atoms with E-state index in [-0.39, 0.29) is 11.9 Å². The average Bonchev–Trinajstić information content (AvgIpc) is 2.75. The molecule has 21 heavy (non-hydrogen) atoms. The van der Waals surface area contributed by atoms with Crippen molar-refractivity contribution in [2.24, 2.45) is 0 Å². The first-order chi connectivity index (χ1) is 10.1. The minimum atomic E-state index is -0.307. The second kappa shape index (κ2) is 7.00. The van der Waals surface area contributed by atoms with Gasteiger partial charge < -0.3 is 5.32 Å². The number of nitrogens with zero attached hydrogens (tertiary/aromatic N) is 3. The molecule has 2 rings (SSSR count). The van der Waals surface area contributed by atoms with Crippen LogP contribution in [0.2, 0.25) is 5.02 Å². The summed E-state index contributed by atoms with van der Waals surface area (Å²) < 4.78 is 15.9. The van der Waals surface area contributed by atoms with Crippen LogP contribution in [0.3, 0.4) is 0 Å². The molecule has 6 heteroatoms. The predicted octanol–water partition coefficient (Wildman–Crippen LogP) is 3.29. The SMILES string of the molecule is CCNC(Cc1c(Cl)c(C)nn1CC)c1ccncc1F. The van der Waals surface area contributed by atoms with E-state index in [1.165, 1.54) is 6.20 Å². The number of aryl methyl sites for hydroxylation is 2. The molecule has 4 nitrogen and oxygen atoms in total. The highest BCUT2D eigenvalue weighted by atomic mass is 35.5. The van der Waals surface area contributed by atoms with Gasteiger partial charge >= 0.3 is 0 Å². The minimum absolute atomic E-state index is 0.156. The number of hydrogen-bond acceptors (Lipinski definition) is 3. The third-order valence-corrected chi connectivity index (χ3v) is 3.97. The van der Waals surface area contributed by atoms with Gasteiger partial charge in [0.2, 0.25) is 0 Å². The normalized spacial score (nSPS) is 12.6. The van der Waals surface area contributed by atoms with Crippen LogP contribution in [-0.2, 0) is 13.0 Å². The first-order valence-corrected chi connectivity index (χ1v) is 7.50. The fraction of sp³-hybridized carbons (Fsp3) is 0.467. The Bertz CT molecular complexity index is 612. The highest BCUT2D eigenvalue weighted by Gasteiger charge is 2.21. The summed E-state index contributed by atoms with van der Waals surface area (Å²) in [4.78, 5) is 3.80. The maximum atomic E-state index is 14.0. The third-order valence-electron chi connectivity index (χ3n) is 3.48. The van der Waals surface area contributed by atoms with Gasteiger partial charge in [0.05, 0.1) is 22.6 Å². The molecule has 2 heterocycles. The van der Waals surface area contributed by atoms with Gasteiger partial charge in [-0.2, -0.15) is 5.10 Å². The van der Waals surface area contributed by atoms with E-state index in [1.54, 1.807) is 12.3 Å². The lowest BCUT2D eigenvalue weighted by molar-refractivity contribution is 0.488. The lowest BCUT2D eigenvalue weighted by atomic mass is 10.0. The smallest absolute Gasteiger partial charge is 0.146 e. The molecule has 0 saturated heterocycles. The van der Waals surface area contributed by atoms with Crippen molar-refractivity contribution in [3.05, 3.63) is 46.3 Å². The van der Waals surface area contributed by atoms with Crippen LogP contribution < -0.4 is 5.32 Å². The number of nitrogens with one attached hydrogen (secondary N) is 1. The predicted molar refractivity (Wildman–Crippen MR) is 82.0 cm³/mol. The van der Waals surface area contributed by atoms with Gasteiger partial charge in [-0.05, 0) is 26.5 Å². The van der Waals surface area contributed by atoms with Gasteiger partial charge in [-0.25, -0.2) is 4.39 Å². The van der Waals surface area contributed by atoms with Crippen LogP contribution >= 0.6 is 11.6 Å². The summed E-state index contributed by atoms with van der Waals surface area (Å²) in [6.45, 7) is 7.37. The van der Waals surface area contributed by atoms with Gasteiger partial charge in [0.25, 0.3) is 0 Å². The molecular formula is C15H20ClFN4. The molecule has 114 valence electrons. The summed E-state index contributed by atoms with van der Waals surface area (Å²) >= 11 is 6.35. The van der Waals surface area contributed by atoms with Crippen molar-refractivity contribution in [3.8, 4) is 0 Å². The van der Waals surface area contributed by atoms with E-state index in [9.17, 15) is 4.39 Å². The van der Waals surface area contributed by atoms with Gasteiger partial charge in [-0.15, -0.1) is 0 Å². The fourth-order valence-corrected chi connectivity index (χ4v) is 2.68. The Balaban J connectivity index is 2.35. The van der Waals surface area contributed by atoms with Crippen molar-refractivity contribution in [2.45, 2.75) is 39.8 Å². The Morgan fingerprint density at radius 3 is 2.81 bits per heavy atom. The van der Waals surface area contributed by atoms with Crippen molar-refractivity contribution in [3.63, 3.8) is 0 Å². The van der Waals surface area contributed by atoms with E-state index < -0.39 is 0 Å². The summed E-state index contributed by atoms with van der Waals surface area (Å²) in [5.41, 5.74) is 2.34. The van der Waals surface area contributed by atoms with Crippen LogP contribution in [-0.4, -0.2) is 21.3 Å². The standard InChI is InChI=1S/C15H20ClFN4/c1-4-19-13(11-6-7-18-9-12(11)17)8-14-15(16)10(3)20-21(14)5-2/h6-7,9,13,19H,4-5,8H2,1-3H3. The first-order valence-electron chi connectivity index (χ1n) is 7.13. The summed E-state index contributed by atoms with van der Waals surface area (Å²) in [6.07, 6.45) is 3.43. The van der Waals surface area contributed by atoms with E-state index in [4.69, 9.17) is 11.6 Å². The van der Waals surface area contributed by atoms with Crippen LogP contribution in [0.25, 0.3) is 0 Å². The molecule has 0 spiro atoms. The summed E-state index contributed by atoms with van der Waals surface area (Å²) in [5, 5.41) is 8.38. The average molecular weight is 311 g/mol. The van der Waals surface area contributed by atoms with Crippen molar-refractivity contribution in [1.82, 2.24) is 20.1 Å². The van der Waals surface area contributed by atoms with Gasteiger partial charge in [0.15, 0.2) is 0 Å². The largest absolute Gasteiger partial charge is 0.310 e. The zero-order valence-corrected chi connectivity index (χ0v) is 13.3. The molecular weight excluding hydrogens is 291 g/mol. The molecule has 0 saturated carbocycles. The highest BCUT2D eigenvalue weighted by Crippen LogP contribution is 2.27. The van der Waals surface area contributed by atoms with Crippen molar-refractivity contribution in [1.29, 1.82) is 0 Å². The second-order valence-corrected chi connectivity index (χ2v) is 5.25. The van der Waals surface area contributed by atoms with Crippen LogP contribution in [0.1, 0.15) is 36.8 Å². The molecule has 1 N–H and O–H groups in total. The first kappa shape index (κ1) is 15.9. The number of rotatable bonds is 6. The molecule has 2 aromatic heterocycles. The molecule has 0 aliphatic heterocycles. The maximum Gasteiger partial charge on any atom is 0.146 e. The Labute approximate surface area is 129 Å². The zero-order chi connectivity index (χ0) is 15.4. The number of hydrogen-bond donors (Lipinski definition) is 1. The van der Waals surface area contributed by atoms with Crippen LogP contribution in [0.5, 0.6) is 0 Å². The van der Waals surface area contributed by atoms with E-state index in [0.29, 0.717) is 17.0 Å². The topological polar surface area (TPSA) is 42.7 Å². The van der Waals surface area contributed by atoms with Crippen molar-refractivity contribution < 1.29 is 4.39 Å². The van der Waals surface area contributed by atoms with Crippen LogP contribution in [0.15, 0.2) is 18.5 Å². The van der Waals surface area contributed by atoms with E-state index >= 15 is 0 Å². The number of halogens is 2. The Hall–Kier alpha value is -1.46. The zero-order valence-electron chi connectivity index (χ0n) is 12.5. The molecule has 0 bridgehead atoms. The number of pyridine rings is 1. The molecule has 1 unspecified atom stereocenters. The lowest BCUT2D eigenvalue weighted by Crippen LogP contribution is -2.25. The number of likely N-dealkylation sites (N-methyl/N-ethyl adjacent to an activating group) is 1. The third kappa shape index (κ3) is 3.41. The molecule has 1 atom stereocenters. The van der Waals surface area contributed by atoms with E-state index in [2.05, 4.69) is 15.4 Å². The molecule has 0 aromatic carbocycles. The molecule has 0 aliphatic carbocycles. The fourth-order valence-electron chi connectivity index (χ4n) is 2.46. The van der Waals surface area contributed by atoms with Crippen molar-refractivity contribution >= 4 is 11.6 Å². The second-order valence-electron chi connectivity index (χ2n) is 4.87. The lowest BCUT2D eigenvalue weighted by Gasteiger charge is -2.19. The Morgan fingerprint density at radius 2 is 2.19 bits per heavy atom. The Kier molecular flexibility index (Phi) is 5.31. The molecule has 0 aliphatic rings.